The number of methoxy groups -OCH3 is 1. The zero-order valence-electron chi connectivity index (χ0n) is 19.9. The smallest absolute Gasteiger partial charge is 0.274 e. The quantitative estimate of drug-likeness (QED) is 0.477. The summed E-state index contributed by atoms with van der Waals surface area (Å²) in [4.78, 5) is 21.0. The first-order valence-corrected chi connectivity index (χ1v) is 11.4. The second-order valence-electron chi connectivity index (χ2n) is 9.22. The zero-order chi connectivity index (χ0) is 26.2. The number of aliphatic hydroxyl groups is 2. The van der Waals surface area contributed by atoms with Gasteiger partial charge in [0, 0.05) is 18.3 Å². The average molecular weight is 502 g/mol. The fourth-order valence-electron chi connectivity index (χ4n) is 4.54. The first-order valence-electron chi connectivity index (χ1n) is 11.4. The van der Waals surface area contributed by atoms with Gasteiger partial charge in [-0.15, -0.1) is 0 Å². The molecule has 1 saturated carbocycles. The molecule has 7 nitrogen and oxygen atoms in total. The second-order valence-corrected chi connectivity index (χ2v) is 9.22. The third-order valence-electron chi connectivity index (χ3n) is 6.93. The molecule has 1 aliphatic carbocycles. The van der Waals surface area contributed by atoms with Crippen LogP contribution in [-0.2, 0) is 0 Å². The molecule has 1 fully saturated rings. The van der Waals surface area contributed by atoms with E-state index in [9.17, 15) is 28.2 Å². The van der Waals surface area contributed by atoms with Crippen LogP contribution in [0.25, 0.3) is 11.3 Å². The van der Waals surface area contributed by atoms with Crippen molar-refractivity contribution in [1.29, 1.82) is 0 Å². The van der Waals surface area contributed by atoms with Crippen LogP contribution in [0, 0.1) is 23.4 Å². The van der Waals surface area contributed by atoms with Gasteiger partial charge >= 0.3 is 0 Å². The number of aromatic nitrogens is 2. The minimum absolute atomic E-state index is 0.0872. The van der Waals surface area contributed by atoms with E-state index >= 15 is 0 Å². The SMILES string of the molecule is COc1cc(F)c(-c2nc(C(=O)Nc3cnccc3[C@H]3C[C@@H](O)[C@](C)(O)[C@@H](C)C3)ccc2F)c(F)c1. The molecule has 0 bridgehead atoms. The van der Waals surface area contributed by atoms with Crippen LogP contribution < -0.4 is 10.1 Å². The Morgan fingerprint density at radius 1 is 1.14 bits per heavy atom. The van der Waals surface area contributed by atoms with E-state index in [2.05, 4.69) is 15.3 Å². The highest BCUT2D eigenvalue weighted by atomic mass is 19.1. The van der Waals surface area contributed by atoms with Crippen LogP contribution in [0.1, 0.15) is 48.7 Å². The third kappa shape index (κ3) is 4.78. The number of nitrogens with one attached hydrogen (secondary N) is 1. The molecule has 0 aliphatic heterocycles. The summed E-state index contributed by atoms with van der Waals surface area (Å²) in [6.07, 6.45) is 2.87. The maximum absolute atomic E-state index is 14.5. The first kappa shape index (κ1) is 25.6. The number of nitrogens with zero attached hydrogens (tertiary/aromatic N) is 2. The molecule has 4 atom stereocenters. The largest absolute Gasteiger partial charge is 0.497 e. The summed E-state index contributed by atoms with van der Waals surface area (Å²) < 4.78 is 48.4. The van der Waals surface area contributed by atoms with E-state index in [4.69, 9.17) is 4.74 Å². The maximum Gasteiger partial charge on any atom is 0.274 e. The van der Waals surface area contributed by atoms with Gasteiger partial charge in [0.2, 0.25) is 0 Å². The van der Waals surface area contributed by atoms with E-state index in [1.165, 1.54) is 13.3 Å². The Bertz CT molecular complexity index is 1260. The van der Waals surface area contributed by atoms with E-state index in [0.717, 1.165) is 24.3 Å². The molecule has 0 unspecified atom stereocenters. The molecule has 2 heterocycles. The molecule has 0 saturated heterocycles. The molecule has 1 amide bonds. The molecule has 10 heteroatoms. The van der Waals surface area contributed by atoms with E-state index in [-0.39, 0.29) is 29.7 Å². The zero-order valence-corrected chi connectivity index (χ0v) is 19.9. The summed E-state index contributed by atoms with van der Waals surface area (Å²) in [5.41, 5.74) is -1.82. The number of carbonyl (C=O) groups excluding carboxylic acids is 1. The van der Waals surface area contributed by atoms with Crippen LogP contribution in [-0.4, -0.2) is 44.9 Å². The van der Waals surface area contributed by atoms with Crippen LogP contribution in [0.5, 0.6) is 5.75 Å². The van der Waals surface area contributed by atoms with E-state index < -0.39 is 46.3 Å². The van der Waals surface area contributed by atoms with Gasteiger partial charge in [-0.2, -0.15) is 0 Å². The lowest BCUT2D eigenvalue weighted by atomic mass is 9.69. The van der Waals surface area contributed by atoms with Crippen LogP contribution in [0.15, 0.2) is 42.7 Å². The molecular formula is C26H26F3N3O4. The molecule has 1 aromatic carbocycles. The van der Waals surface area contributed by atoms with E-state index in [1.54, 1.807) is 19.2 Å². The third-order valence-corrected chi connectivity index (χ3v) is 6.93. The molecule has 3 N–H and O–H groups in total. The molecule has 2 aromatic heterocycles. The van der Waals surface area contributed by atoms with Gasteiger partial charge in [0.15, 0.2) is 0 Å². The number of carbonyl (C=O) groups is 1. The Hall–Kier alpha value is -3.50. The van der Waals surface area contributed by atoms with Gasteiger partial charge in [-0.05, 0) is 55.4 Å². The Labute approximate surface area is 206 Å². The molecule has 190 valence electrons. The van der Waals surface area contributed by atoms with Crippen molar-refractivity contribution < 1.29 is 32.9 Å². The Kier molecular flexibility index (Phi) is 7.01. The van der Waals surface area contributed by atoms with Crippen molar-refractivity contribution in [2.75, 3.05) is 12.4 Å². The summed E-state index contributed by atoms with van der Waals surface area (Å²) in [5, 5.41) is 23.7. The second kappa shape index (κ2) is 9.87. The highest BCUT2D eigenvalue weighted by Gasteiger charge is 2.43. The summed E-state index contributed by atoms with van der Waals surface area (Å²) >= 11 is 0. The fraction of sp³-hybridized carbons (Fsp3) is 0.346. The number of ether oxygens (including phenoxy) is 1. The summed E-state index contributed by atoms with van der Waals surface area (Å²) in [6, 6.07) is 5.51. The number of hydrogen-bond acceptors (Lipinski definition) is 6. The van der Waals surface area contributed by atoms with E-state index in [1.807, 2.05) is 6.92 Å². The highest BCUT2D eigenvalue weighted by Crippen LogP contribution is 2.43. The summed E-state index contributed by atoms with van der Waals surface area (Å²) in [6.45, 7) is 3.44. The van der Waals surface area contributed by atoms with Crippen LogP contribution in [0.2, 0.25) is 0 Å². The fourth-order valence-corrected chi connectivity index (χ4v) is 4.54. The summed E-state index contributed by atoms with van der Waals surface area (Å²) in [7, 11) is 1.24. The van der Waals surface area contributed by atoms with Crippen molar-refractivity contribution >= 4 is 11.6 Å². The first-order chi connectivity index (χ1) is 17.0. The predicted molar refractivity (Wildman–Crippen MR) is 126 cm³/mol. The van der Waals surface area contributed by atoms with Crippen LogP contribution >= 0.6 is 0 Å². The monoisotopic (exact) mass is 501 g/mol. The lowest BCUT2D eigenvalue weighted by Gasteiger charge is -2.43. The maximum atomic E-state index is 14.5. The number of amides is 1. The van der Waals surface area contributed by atoms with Gasteiger partial charge in [-0.1, -0.05) is 6.92 Å². The number of halogens is 3. The van der Waals surface area contributed by atoms with Gasteiger partial charge in [0.05, 0.1) is 36.3 Å². The van der Waals surface area contributed by atoms with Gasteiger partial charge in [0.25, 0.3) is 5.91 Å². The average Bonchev–Trinajstić information content (AvgIpc) is 2.83. The van der Waals surface area contributed by atoms with Crippen molar-refractivity contribution in [2.45, 2.75) is 44.3 Å². The molecule has 4 rings (SSSR count). The Balaban J connectivity index is 1.63. The number of aliphatic hydroxyl groups excluding tert-OH is 1. The van der Waals surface area contributed by atoms with Crippen molar-refractivity contribution in [1.82, 2.24) is 9.97 Å². The standard InChI is InChI=1S/C26H26F3N3O4/c1-13-8-14(9-22(33)26(13,2)35)16-6-7-30-12-21(16)32-25(34)20-5-4-17(27)24(31-20)23-18(28)10-15(36-3)11-19(23)29/h4-7,10-14,22,33,35H,8-9H2,1-3H3,(H,32,34)/t13-,14+,22+,26+/m0/s1. The normalized spacial score (nSPS) is 23.8. The van der Waals surface area contributed by atoms with Crippen molar-refractivity contribution in [3.63, 3.8) is 0 Å². The van der Waals surface area contributed by atoms with Gasteiger partial charge in [-0.3, -0.25) is 9.78 Å². The Morgan fingerprint density at radius 3 is 2.47 bits per heavy atom. The molecule has 36 heavy (non-hydrogen) atoms. The number of benzene rings is 1. The molecule has 0 spiro atoms. The molecule has 1 aliphatic rings. The minimum atomic E-state index is -1.23. The summed E-state index contributed by atoms with van der Waals surface area (Å²) in [5.74, 6) is -4.40. The van der Waals surface area contributed by atoms with Gasteiger partial charge in [-0.25, -0.2) is 18.2 Å². The van der Waals surface area contributed by atoms with Crippen LogP contribution in [0.3, 0.4) is 0 Å². The van der Waals surface area contributed by atoms with Crippen molar-refractivity contribution in [2.24, 2.45) is 5.92 Å². The number of rotatable bonds is 5. The van der Waals surface area contributed by atoms with Gasteiger partial charge < -0.3 is 20.3 Å². The van der Waals surface area contributed by atoms with E-state index in [0.29, 0.717) is 17.7 Å². The highest BCUT2D eigenvalue weighted by molar-refractivity contribution is 6.03. The topological polar surface area (TPSA) is 105 Å². The van der Waals surface area contributed by atoms with Crippen molar-refractivity contribution in [3.8, 4) is 17.0 Å². The molecule has 3 aromatic rings. The molecular weight excluding hydrogens is 475 g/mol. The van der Waals surface area contributed by atoms with Crippen molar-refractivity contribution in [3.05, 3.63) is 71.4 Å². The Morgan fingerprint density at radius 2 is 1.83 bits per heavy atom. The lowest BCUT2D eigenvalue weighted by Crippen LogP contribution is -2.49. The van der Waals surface area contributed by atoms with Gasteiger partial charge in [0.1, 0.15) is 34.6 Å². The molecule has 0 radical (unpaired) electrons. The number of anilines is 1. The number of pyridine rings is 2. The minimum Gasteiger partial charge on any atom is -0.497 e. The lowest BCUT2D eigenvalue weighted by molar-refractivity contribution is -0.123. The van der Waals surface area contributed by atoms with Crippen LogP contribution in [0.4, 0.5) is 18.9 Å². The number of hydrogen-bond donors (Lipinski definition) is 3. The predicted octanol–water partition coefficient (Wildman–Crippen LogP) is 4.45.